The number of sulfone groups is 1. The van der Waals surface area contributed by atoms with Crippen LogP contribution in [-0.4, -0.2) is 37.1 Å². The zero-order valence-electron chi connectivity index (χ0n) is 9.85. The topological polar surface area (TPSA) is 113 Å². The molecule has 0 spiro atoms. The number of hydrogen-bond donors (Lipinski definition) is 0. The lowest BCUT2D eigenvalue weighted by Crippen LogP contribution is -2.08. The molecule has 1 saturated heterocycles. The van der Waals surface area contributed by atoms with Gasteiger partial charge in [-0.25, -0.2) is 8.42 Å². The minimum Gasteiger partial charge on any atom is -0.872 e. The van der Waals surface area contributed by atoms with E-state index in [2.05, 4.69) is 4.99 Å². The molecule has 0 aromatic heterocycles. The first-order valence-electron chi connectivity index (χ1n) is 5.56. The van der Waals surface area contributed by atoms with Crippen molar-refractivity contribution in [2.75, 3.05) is 11.5 Å². The number of aliphatic imine (C=N–C) groups is 1. The number of benzene rings is 1. The second kappa shape index (κ2) is 4.96. The van der Waals surface area contributed by atoms with Crippen LogP contribution in [-0.2, 0) is 9.84 Å². The van der Waals surface area contributed by atoms with E-state index in [0.717, 1.165) is 18.2 Å². The Labute approximate surface area is 109 Å². The van der Waals surface area contributed by atoms with Crippen molar-refractivity contribution in [1.29, 1.82) is 0 Å². The molecule has 0 radical (unpaired) electrons. The van der Waals surface area contributed by atoms with Crippen LogP contribution >= 0.6 is 0 Å². The first-order valence-corrected chi connectivity index (χ1v) is 7.38. The summed E-state index contributed by atoms with van der Waals surface area (Å²) in [4.78, 5) is 14.0. The molecule has 1 atom stereocenters. The maximum Gasteiger partial charge on any atom is 0.270 e. The van der Waals surface area contributed by atoms with Crippen LogP contribution in [0.3, 0.4) is 0 Å². The van der Waals surface area contributed by atoms with Crippen molar-refractivity contribution in [2.45, 2.75) is 12.5 Å². The summed E-state index contributed by atoms with van der Waals surface area (Å²) >= 11 is 0. The average molecular weight is 283 g/mol. The quantitative estimate of drug-likeness (QED) is 0.449. The third-order valence-electron chi connectivity index (χ3n) is 2.84. The maximum atomic E-state index is 11.5. The fourth-order valence-electron chi connectivity index (χ4n) is 1.83. The van der Waals surface area contributed by atoms with Gasteiger partial charge >= 0.3 is 0 Å². The van der Waals surface area contributed by atoms with Crippen molar-refractivity contribution in [3.05, 3.63) is 33.9 Å². The number of hydrogen-bond acceptors (Lipinski definition) is 6. The first kappa shape index (κ1) is 13.5. The Balaban J connectivity index is 2.19. The number of non-ortho nitro benzene ring substituents is 1. The fraction of sp³-hybridized carbons (Fsp3) is 0.364. The van der Waals surface area contributed by atoms with Gasteiger partial charge in [-0.15, -0.1) is 0 Å². The molecule has 19 heavy (non-hydrogen) atoms. The van der Waals surface area contributed by atoms with Crippen LogP contribution in [0.5, 0.6) is 5.75 Å². The summed E-state index contributed by atoms with van der Waals surface area (Å²) in [5.74, 6) is -0.323. The Hall–Kier alpha value is -1.96. The van der Waals surface area contributed by atoms with Gasteiger partial charge in [0.15, 0.2) is 9.84 Å². The zero-order chi connectivity index (χ0) is 14.0. The predicted octanol–water partition coefficient (Wildman–Crippen LogP) is 0.274. The molecule has 0 amide bonds. The van der Waals surface area contributed by atoms with Crippen LogP contribution < -0.4 is 5.11 Å². The molecule has 1 aromatic carbocycles. The summed E-state index contributed by atoms with van der Waals surface area (Å²) in [6, 6.07) is 2.99. The summed E-state index contributed by atoms with van der Waals surface area (Å²) in [5, 5.41) is 22.1. The average Bonchev–Trinajstić information content (AvgIpc) is 2.67. The normalized spacial score (nSPS) is 21.8. The van der Waals surface area contributed by atoms with Gasteiger partial charge in [0.25, 0.3) is 5.69 Å². The van der Waals surface area contributed by atoms with E-state index in [4.69, 9.17) is 0 Å². The molecule has 102 valence electrons. The van der Waals surface area contributed by atoms with E-state index in [1.165, 1.54) is 6.21 Å². The molecular formula is C11H11N2O5S-. The number of nitro groups is 1. The van der Waals surface area contributed by atoms with E-state index in [9.17, 15) is 23.6 Å². The van der Waals surface area contributed by atoms with Crippen LogP contribution in [0, 0.1) is 10.1 Å². The molecule has 1 heterocycles. The standard InChI is InChI=1S/C11H12N2O5S/c14-11-2-1-10(13(15)16)5-8(11)6-12-9-3-4-19(17,18)7-9/h1-2,5-6,9,14H,3-4,7H2/p-1/t9-/m1/s1. The monoisotopic (exact) mass is 283 g/mol. The molecule has 0 saturated carbocycles. The molecular weight excluding hydrogens is 272 g/mol. The highest BCUT2D eigenvalue weighted by Crippen LogP contribution is 2.20. The van der Waals surface area contributed by atoms with Crippen molar-refractivity contribution >= 4 is 21.7 Å². The largest absolute Gasteiger partial charge is 0.872 e. The molecule has 7 nitrogen and oxygen atoms in total. The van der Waals surface area contributed by atoms with Gasteiger partial charge < -0.3 is 5.11 Å². The highest BCUT2D eigenvalue weighted by atomic mass is 32.2. The van der Waals surface area contributed by atoms with Crippen molar-refractivity contribution in [3.8, 4) is 5.75 Å². The highest BCUT2D eigenvalue weighted by molar-refractivity contribution is 7.91. The summed E-state index contributed by atoms with van der Waals surface area (Å²) in [7, 11) is -3.03. The third kappa shape index (κ3) is 3.28. The molecule has 2 rings (SSSR count). The van der Waals surface area contributed by atoms with Crippen LogP contribution in [0.15, 0.2) is 23.2 Å². The van der Waals surface area contributed by atoms with Crippen LogP contribution in [0.2, 0.25) is 0 Å². The second-order valence-corrected chi connectivity index (χ2v) is 6.54. The third-order valence-corrected chi connectivity index (χ3v) is 4.59. The predicted molar refractivity (Wildman–Crippen MR) is 67.2 cm³/mol. The lowest BCUT2D eigenvalue weighted by Gasteiger charge is -2.09. The molecule has 1 fully saturated rings. The van der Waals surface area contributed by atoms with E-state index in [1.54, 1.807) is 0 Å². The number of rotatable bonds is 3. The van der Waals surface area contributed by atoms with E-state index in [0.29, 0.717) is 6.42 Å². The molecule has 8 heteroatoms. The molecule has 0 aliphatic carbocycles. The fourth-order valence-corrected chi connectivity index (χ4v) is 3.47. The van der Waals surface area contributed by atoms with Gasteiger partial charge in [-0.3, -0.25) is 15.1 Å². The smallest absolute Gasteiger partial charge is 0.270 e. The van der Waals surface area contributed by atoms with Crippen LogP contribution in [0.1, 0.15) is 12.0 Å². The SMILES string of the molecule is O=[N+]([O-])c1ccc([O-])c(C=N[C@@H]2CCS(=O)(=O)C2)c1. The van der Waals surface area contributed by atoms with E-state index >= 15 is 0 Å². The molecule has 1 aromatic rings. The number of nitrogens with zero attached hydrogens (tertiary/aromatic N) is 2. The van der Waals surface area contributed by atoms with E-state index < -0.39 is 14.8 Å². The van der Waals surface area contributed by atoms with Gasteiger partial charge in [-0.05, 0) is 12.0 Å². The van der Waals surface area contributed by atoms with Gasteiger partial charge in [-0.1, -0.05) is 11.8 Å². The van der Waals surface area contributed by atoms with Gasteiger partial charge in [0.2, 0.25) is 0 Å². The molecule has 0 N–H and O–H groups in total. The molecule has 1 aliphatic heterocycles. The Morgan fingerprint density at radius 2 is 2.16 bits per heavy atom. The minimum atomic E-state index is -3.03. The highest BCUT2D eigenvalue weighted by Gasteiger charge is 2.26. The lowest BCUT2D eigenvalue weighted by molar-refractivity contribution is -0.385. The van der Waals surface area contributed by atoms with Gasteiger partial charge in [0.1, 0.15) is 0 Å². The summed E-state index contributed by atoms with van der Waals surface area (Å²) < 4.78 is 22.5. The van der Waals surface area contributed by atoms with E-state index in [1.807, 2.05) is 0 Å². The van der Waals surface area contributed by atoms with Gasteiger partial charge in [-0.2, -0.15) is 0 Å². The van der Waals surface area contributed by atoms with Crippen molar-refractivity contribution in [3.63, 3.8) is 0 Å². The van der Waals surface area contributed by atoms with Crippen LogP contribution in [0.25, 0.3) is 0 Å². The van der Waals surface area contributed by atoms with Crippen LogP contribution in [0.4, 0.5) is 5.69 Å². The molecule has 0 unspecified atom stereocenters. The van der Waals surface area contributed by atoms with E-state index in [-0.39, 0.29) is 34.5 Å². The van der Waals surface area contributed by atoms with Crippen molar-refractivity contribution in [2.24, 2.45) is 4.99 Å². The van der Waals surface area contributed by atoms with Crippen molar-refractivity contribution in [1.82, 2.24) is 0 Å². The molecule has 1 aliphatic rings. The summed E-state index contributed by atoms with van der Waals surface area (Å²) in [6.45, 7) is 0. The zero-order valence-corrected chi connectivity index (χ0v) is 10.7. The summed E-state index contributed by atoms with van der Waals surface area (Å²) in [6.07, 6.45) is 1.64. The second-order valence-electron chi connectivity index (χ2n) is 4.31. The lowest BCUT2D eigenvalue weighted by atomic mass is 10.2. The Kier molecular flexibility index (Phi) is 3.52. The van der Waals surface area contributed by atoms with Crippen molar-refractivity contribution < 1.29 is 18.4 Å². The Morgan fingerprint density at radius 1 is 1.42 bits per heavy atom. The first-order chi connectivity index (χ1) is 8.87. The molecule has 0 bridgehead atoms. The minimum absolute atomic E-state index is 0.0351. The van der Waals surface area contributed by atoms with Gasteiger partial charge in [0, 0.05) is 18.3 Å². The van der Waals surface area contributed by atoms with Gasteiger partial charge in [0.05, 0.1) is 22.5 Å². The summed E-state index contributed by atoms with van der Waals surface area (Å²) in [5.41, 5.74) is -0.0985. The number of nitro benzene ring substituents is 1. The Bertz CT molecular complexity index is 638. The Morgan fingerprint density at radius 3 is 2.74 bits per heavy atom. The maximum absolute atomic E-state index is 11.5.